The van der Waals surface area contributed by atoms with E-state index in [1.165, 1.54) is 17.5 Å². The van der Waals surface area contributed by atoms with E-state index in [0.29, 0.717) is 0 Å². The molecule has 1 aromatic carbocycles. The van der Waals surface area contributed by atoms with Crippen LogP contribution in [0.5, 0.6) is 0 Å². The van der Waals surface area contributed by atoms with Crippen LogP contribution < -0.4 is 0 Å². The van der Waals surface area contributed by atoms with Crippen molar-refractivity contribution in [1.82, 2.24) is 14.5 Å². The smallest absolute Gasteiger partial charge is 0.324 e. The highest BCUT2D eigenvalue weighted by Gasteiger charge is 2.39. The summed E-state index contributed by atoms with van der Waals surface area (Å²) in [6.45, 7) is 3.98. The third kappa shape index (κ3) is 2.54. The lowest BCUT2D eigenvalue weighted by Gasteiger charge is -2.27. The van der Waals surface area contributed by atoms with E-state index < -0.39 is 0 Å². The highest BCUT2D eigenvalue weighted by atomic mass is 16.2. The zero-order valence-electron chi connectivity index (χ0n) is 14.4. The van der Waals surface area contributed by atoms with Crippen molar-refractivity contribution in [3.63, 3.8) is 0 Å². The molecule has 0 atom stereocenters. The number of aromatic nitrogens is 2. The summed E-state index contributed by atoms with van der Waals surface area (Å²) in [4.78, 5) is 19.3. The van der Waals surface area contributed by atoms with Crippen LogP contribution in [0.1, 0.15) is 49.4 Å². The molecule has 2 aromatic rings. The minimum Gasteiger partial charge on any atom is -0.324 e. The second-order valence-electron chi connectivity index (χ2n) is 7.25. The first-order chi connectivity index (χ1) is 11.7. The van der Waals surface area contributed by atoms with Crippen LogP contribution in [0, 0.1) is 0 Å². The normalized spacial score (nSPS) is 19.3. The molecule has 1 aliphatic heterocycles. The molecular formula is C20H25N3O. The minimum atomic E-state index is 0.0388. The fourth-order valence-corrected chi connectivity index (χ4v) is 4.26. The first kappa shape index (κ1) is 15.4. The number of fused-ring (bicyclic) bond motifs is 1. The average Bonchev–Trinajstić information content (AvgIpc) is 3.27. The van der Waals surface area contributed by atoms with E-state index in [0.717, 1.165) is 50.9 Å². The molecular weight excluding hydrogens is 298 g/mol. The van der Waals surface area contributed by atoms with Crippen molar-refractivity contribution in [2.45, 2.75) is 50.9 Å². The zero-order valence-corrected chi connectivity index (χ0v) is 14.4. The van der Waals surface area contributed by atoms with Crippen LogP contribution in [-0.4, -0.2) is 33.6 Å². The van der Waals surface area contributed by atoms with Gasteiger partial charge in [-0.05, 0) is 49.7 Å². The first-order valence-corrected chi connectivity index (χ1v) is 9.12. The van der Waals surface area contributed by atoms with Crippen LogP contribution in [0.2, 0.25) is 0 Å². The van der Waals surface area contributed by atoms with Gasteiger partial charge in [0.15, 0.2) is 0 Å². The molecule has 0 spiro atoms. The fourth-order valence-electron chi connectivity index (χ4n) is 4.26. The molecule has 1 saturated heterocycles. The third-order valence-corrected chi connectivity index (χ3v) is 5.83. The van der Waals surface area contributed by atoms with E-state index in [-0.39, 0.29) is 11.4 Å². The Morgan fingerprint density at radius 1 is 1.12 bits per heavy atom. The standard InChI is InChI=1S/C20H25N3O/c1-2-20(12-16-8-4-5-9-17(16)13-20)18-14-23(15-21-18)19(24)22-10-6-3-7-11-22/h4-5,8-9,14-15H,2-3,6-7,10-13H2,1H3. The van der Waals surface area contributed by atoms with Crippen LogP contribution in [0.15, 0.2) is 36.8 Å². The van der Waals surface area contributed by atoms with Crippen molar-refractivity contribution in [3.8, 4) is 0 Å². The Bertz CT molecular complexity index is 718. The van der Waals surface area contributed by atoms with Crippen molar-refractivity contribution in [2.75, 3.05) is 13.1 Å². The van der Waals surface area contributed by atoms with Crippen molar-refractivity contribution in [3.05, 3.63) is 53.6 Å². The number of nitrogens with zero attached hydrogens (tertiary/aromatic N) is 3. The number of benzene rings is 1. The van der Waals surface area contributed by atoms with E-state index >= 15 is 0 Å². The molecule has 4 nitrogen and oxygen atoms in total. The molecule has 24 heavy (non-hydrogen) atoms. The molecule has 4 heteroatoms. The van der Waals surface area contributed by atoms with Crippen LogP contribution in [0.25, 0.3) is 0 Å². The van der Waals surface area contributed by atoms with Crippen molar-refractivity contribution in [1.29, 1.82) is 0 Å². The van der Waals surface area contributed by atoms with Gasteiger partial charge >= 0.3 is 6.03 Å². The minimum absolute atomic E-state index is 0.0388. The summed E-state index contributed by atoms with van der Waals surface area (Å²) in [5.41, 5.74) is 3.95. The van der Waals surface area contributed by atoms with E-state index in [1.807, 2.05) is 11.1 Å². The largest absolute Gasteiger partial charge is 0.329 e. The highest BCUT2D eigenvalue weighted by molar-refractivity contribution is 5.77. The Morgan fingerprint density at radius 3 is 2.42 bits per heavy atom. The third-order valence-electron chi connectivity index (χ3n) is 5.83. The maximum absolute atomic E-state index is 12.7. The Kier molecular flexibility index (Phi) is 3.91. The van der Waals surface area contributed by atoms with E-state index in [2.05, 4.69) is 36.2 Å². The summed E-state index contributed by atoms with van der Waals surface area (Å²) in [6, 6.07) is 8.76. The average molecular weight is 323 g/mol. The molecule has 1 aliphatic carbocycles. The number of amides is 1. The Hall–Kier alpha value is -2.10. The number of rotatable bonds is 2. The lowest BCUT2D eigenvalue weighted by Crippen LogP contribution is -2.38. The van der Waals surface area contributed by atoms with Crippen molar-refractivity contribution >= 4 is 6.03 Å². The molecule has 0 unspecified atom stereocenters. The second-order valence-corrected chi connectivity index (χ2v) is 7.25. The van der Waals surface area contributed by atoms with E-state index in [9.17, 15) is 4.79 Å². The lowest BCUT2D eigenvalue weighted by atomic mass is 9.79. The van der Waals surface area contributed by atoms with Crippen LogP contribution in [-0.2, 0) is 18.3 Å². The van der Waals surface area contributed by atoms with Gasteiger partial charge in [0, 0.05) is 24.7 Å². The topological polar surface area (TPSA) is 38.1 Å². The van der Waals surface area contributed by atoms with Crippen molar-refractivity contribution < 1.29 is 4.79 Å². The molecule has 1 amide bonds. The molecule has 0 bridgehead atoms. The van der Waals surface area contributed by atoms with E-state index in [1.54, 1.807) is 10.9 Å². The van der Waals surface area contributed by atoms with Crippen LogP contribution >= 0.6 is 0 Å². The predicted molar refractivity (Wildman–Crippen MR) is 94.3 cm³/mol. The summed E-state index contributed by atoms with van der Waals surface area (Å²) in [5, 5.41) is 0. The number of likely N-dealkylation sites (tertiary alicyclic amines) is 1. The van der Waals surface area contributed by atoms with Gasteiger partial charge in [0.2, 0.25) is 0 Å². The van der Waals surface area contributed by atoms with Gasteiger partial charge in [0.1, 0.15) is 6.33 Å². The van der Waals surface area contributed by atoms with Crippen LogP contribution in [0.4, 0.5) is 4.79 Å². The van der Waals surface area contributed by atoms with Gasteiger partial charge in [-0.25, -0.2) is 9.78 Å². The number of hydrogen-bond acceptors (Lipinski definition) is 2. The van der Waals surface area contributed by atoms with Crippen LogP contribution in [0.3, 0.4) is 0 Å². The fraction of sp³-hybridized carbons (Fsp3) is 0.500. The van der Waals surface area contributed by atoms with Gasteiger partial charge < -0.3 is 4.90 Å². The van der Waals surface area contributed by atoms with Gasteiger partial charge in [0.25, 0.3) is 0 Å². The number of carbonyl (C=O) groups excluding carboxylic acids is 1. The van der Waals surface area contributed by atoms with Gasteiger partial charge in [-0.3, -0.25) is 4.57 Å². The summed E-state index contributed by atoms with van der Waals surface area (Å²) < 4.78 is 1.70. The predicted octanol–water partition coefficient (Wildman–Crippen LogP) is 3.78. The number of imidazole rings is 1. The Morgan fingerprint density at radius 2 is 1.79 bits per heavy atom. The van der Waals surface area contributed by atoms with Gasteiger partial charge in [-0.2, -0.15) is 0 Å². The summed E-state index contributed by atoms with van der Waals surface area (Å²) in [7, 11) is 0. The zero-order chi connectivity index (χ0) is 16.6. The number of piperidine rings is 1. The van der Waals surface area contributed by atoms with Crippen molar-refractivity contribution in [2.24, 2.45) is 0 Å². The lowest BCUT2D eigenvalue weighted by molar-refractivity contribution is 0.188. The highest BCUT2D eigenvalue weighted by Crippen LogP contribution is 2.41. The maximum atomic E-state index is 12.7. The molecule has 0 N–H and O–H groups in total. The molecule has 1 aromatic heterocycles. The Balaban J connectivity index is 1.59. The molecule has 0 saturated carbocycles. The number of hydrogen-bond donors (Lipinski definition) is 0. The quantitative estimate of drug-likeness (QED) is 0.843. The molecule has 4 rings (SSSR count). The molecule has 1 fully saturated rings. The van der Waals surface area contributed by atoms with E-state index in [4.69, 9.17) is 0 Å². The maximum Gasteiger partial charge on any atom is 0.329 e. The molecule has 0 radical (unpaired) electrons. The molecule has 2 aliphatic rings. The SMILES string of the molecule is CCC1(c2cn(C(=O)N3CCCCC3)cn2)Cc2ccccc2C1. The van der Waals surface area contributed by atoms with Gasteiger partial charge in [-0.1, -0.05) is 31.2 Å². The number of carbonyl (C=O) groups is 1. The summed E-state index contributed by atoms with van der Waals surface area (Å²) >= 11 is 0. The Labute approximate surface area is 143 Å². The van der Waals surface area contributed by atoms with Gasteiger partial charge in [0.05, 0.1) is 5.69 Å². The first-order valence-electron chi connectivity index (χ1n) is 9.12. The molecule has 126 valence electrons. The summed E-state index contributed by atoms with van der Waals surface area (Å²) in [6.07, 6.45) is 10.2. The second kappa shape index (κ2) is 6.08. The summed E-state index contributed by atoms with van der Waals surface area (Å²) in [5.74, 6) is 0. The van der Waals surface area contributed by atoms with Gasteiger partial charge in [-0.15, -0.1) is 0 Å². The molecule has 2 heterocycles. The monoisotopic (exact) mass is 323 g/mol.